The lowest BCUT2D eigenvalue weighted by Crippen LogP contribution is -2.47. The van der Waals surface area contributed by atoms with Crippen LogP contribution in [0.25, 0.3) is 0 Å². The van der Waals surface area contributed by atoms with Gasteiger partial charge < -0.3 is 105 Å². The highest BCUT2D eigenvalue weighted by Crippen LogP contribution is 2.12. The first-order valence-electron chi connectivity index (χ1n) is 34.5. The number of ether oxygens (including phenoxy) is 20. The molecule has 1 saturated heterocycles. The van der Waals surface area contributed by atoms with Crippen LogP contribution in [-0.2, 0) is 99.5 Å². The number of rotatable bonds is 79. The van der Waals surface area contributed by atoms with Crippen LogP contribution in [0.15, 0.2) is 12.2 Å². The van der Waals surface area contributed by atoms with Gasteiger partial charge >= 0.3 is 5.97 Å². The molecule has 0 amide bonds. The molecule has 1 heterocycles. The zero-order valence-electron chi connectivity index (χ0n) is 56.6. The van der Waals surface area contributed by atoms with Crippen LogP contribution in [0.4, 0.5) is 0 Å². The molecule has 1 aliphatic rings. The van der Waals surface area contributed by atoms with Crippen molar-refractivity contribution in [2.75, 3.05) is 304 Å². The first-order chi connectivity index (χ1) is 44.6. The Morgan fingerprint density at radius 1 is 0.300 bits per heavy atom. The van der Waals surface area contributed by atoms with Crippen molar-refractivity contribution in [3.63, 3.8) is 0 Å². The van der Waals surface area contributed by atoms with E-state index in [1.54, 1.807) is 0 Å². The highest BCUT2D eigenvalue weighted by Gasteiger charge is 2.23. The molecule has 1 rings (SSSR count). The number of hydrogen-bond acceptors (Lipinski definition) is 23. The van der Waals surface area contributed by atoms with Gasteiger partial charge in [0.25, 0.3) is 0 Å². The Balaban J connectivity index is 1.61. The largest absolute Gasteiger partial charge is 0.481 e. The molecule has 0 aliphatic carbocycles. The van der Waals surface area contributed by atoms with E-state index in [1.165, 1.54) is 83.5 Å². The Morgan fingerprint density at radius 2 is 0.511 bits per heavy atom. The second kappa shape index (κ2) is 76.3. The third kappa shape index (κ3) is 70.6. The van der Waals surface area contributed by atoms with Crippen molar-refractivity contribution in [1.82, 2.24) is 9.80 Å². The second-order valence-electron chi connectivity index (χ2n) is 21.6. The predicted molar refractivity (Wildman–Crippen MR) is 346 cm³/mol. The summed E-state index contributed by atoms with van der Waals surface area (Å²) < 4.78 is 111. The fraction of sp³-hybridized carbons (Fsp3) is 0.955. The van der Waals surface area contributed by atoms with Crippen LogP contribution in [0.5, 0.6) is 0 Å². The van der Waals surface area contributed by atoms with Gasteiger partial charge in [0.1, 0.15) is 0 Å². The standard InChI is InChI=1S/C66H130N2O22/c1-3-4-5-6-7-8-9-10-11-12-13-14-15-16-17-18-24-71-26-28-73-30-32-75-34-36-77-38-40-79-42-44-81-46-48-83-50-52-85-54-56-87-58-60-89-62-63-90-61-59-88-57-55-86-53-51-84-49-47-82-45-43-80-41-39-78-37-35-76-33-31-74-29-27-72-25-19-65(66(69)70)64-68-22-20-67(2)21-23-68/h10-11,65H,3-9,12-64H2,1-2H3,(H,69,70)/b11-10-. The summed E-state index contributed by atoms with van der Waals surface area (Å²) in [4.78, 5) is 16.1. The van der Waals surface area contributed by atoms with E-state index in [2.05, 4.69) is 35.9 Å². The molecule has 1 unspecified atom stereocenters. The summed E-state index contributed by atoms with van der Waals surface area (Å²) in [6.07, 6.45) is 23.7. The number of carboxylic acids is 1. The Kier molecular flexibility index (Phi) is 73.2. The van der Waals surface area contributed by atoms with E-state index >= 15 is 0 Å². The number of nitrogens with zero attached hydrogens (tertiary/aromatic N) is 2. The number of likely N-dealkylation sites (N-methyl/N-ethyl adjacent to an activating group) is 1. The maximum atomic E-state index is 11.6. The lowest BCUT2D eigenvalue weighted by atomic mass is 10.1. The van der Waals surface area contributed by atoms with Gasteiger partial charge in [-0.25, -0.2) is 0 Å². The number of piperazine rings is 1. The Labute approximate surface area is 544 Å². The molecule has 24 heteroatoms. The van der Waals surface area contributed by atoms with E-state index in [9.17, 15) is 9.90 Å². The van der Waals surface area contributed by atoms with Crippen molar-refractivity contribution in [3.05, 3.63) is 12.2 Å². The number of carboxylic acid groups (broad SMARTS) is 1. The fourth-order valence-electron chi connectivity index (χ4n) is 8.59. The topological polar surface area (TPSA) is 228 Å². The molecule has 24 nitrogen and oxygen atoms in total. The summed E-state index contributed by atoms with van der Waals surface area (Å²) in [6, 6.07) is 0. The van der Waals surface area contributed by atoms with Gasteiger partial charge in [0.2, 0.25) is 0 Å². The molecule has 1 N–H and O–H groups in total. The fourth-order valence-corrected chi connectivity index (χ4v) is 8.59. The SMILES string of the molecule is CCCCCCCC/C=C\CCCCCCCCOCCOCCOCCOCCOCCOCCOCCOCCOCCOCCOCCOCCOCCOCCOCCOCCOCCOCCOCCOCCC(CN1CCN(C)CC1)C(=O)O. The van der Waals surface area contributed by atoms with E-state index < -0.39 is 11.9 Å². The summed E-state index contributed by atoms with van der Waals surface area (Å²) in [5.74, 6) is -1.18. The third-order valence-corrected chi connectivity index (χ3v) is 13.9. The van der Waals surface area contributed by atoms with Gasteiger partial charge in [-0.2, -0.15) is 0 Å². The van der Waals surface area contributed by atoms with Crippen LogP contribution >= 0.6 is 0 Å². The summed E-state index contributed by atoms with van der Waals surface area (Å²) in [6.45, 7) is 26.6. The number of aliphatic carboxylic acids is 1. The Hall–Kier alpha value is -1.67. The maximum Gasteiger partial charge on any atom is 0.307 e. The molecule has 90 heavy (non-hydrogen) atoms. The first-order valence-corrected chi connectivity index (χ1v) is 34.5. The molecule has 0 aromatic carbocycles. The van der Waals surface area contributed by atoms with Crippen molar-refractivity contribution in [2.45, 2.75) is 103 Å². The van der Waals surface area contributed by atoms with E-state index in [4.69, 9.17) is 94.7 Å². The molecule has 1 aliphatic heterocycles. The van der Waals surface area contributed by atoms with Crippen molar-refractivity contribution < 1.29 is 105 Å². The summed E-state index contributed by atoms with van der Waals surface area (Å²) >= 11 is 0. The van der Waals surface area contributed by atoms with Gasteiger partial charge in [0, 0.05) is 45.9 Å². The molecule has 0 aromatic heterocycles. The molecule has 0 spiro atoms. The highest BCUT2D eigenvalue weighted by atomic mass is 16.6. The highest BCUT2D eigenvalue weighted by molar-refractivity contribution is 5.70. The molecule has 536 valence electrons. The minimum absolute atomic E-state index is 0.404. The van der Waals surface area contributed by atoms with Crippen molar-refractivity contribution >= 4 is 5.97 Å². The average molecular weight is 1300 g/mol. The monoisotopic (exact) mass is 1300 g/mol. The quantitative estimate of drug-likeness (QED) is 0.0494. The summed E-state index contributed by atoms with van der Waals surface area (Å²) in [5.41, 5.74) is 0. The minimum atomic E-state index is -0.765. The smallest absolute Gasteiger partial charge is 0.307 e. The number of unbranched alkanes of at least 4 members (excludes halogenated alkanes) is 12. The first kappa shape index (κ1) is 86.3. The average Bonchev–Trinajstić information content (AvgIpc) is 3.52. The van der Waals surface area contributed by atoms with Gasteiger partial charge in [-0.3, -0.25) is 9.69 Å². The minimum Gasteiger partial charge on any atom is -0.481 e. The second-order valence-corrected chi connectivity index (χ2v) is 21.6. The summed E-state index contributed by atoms with van der Waals surface area (Å²) in [7, 11) is 2.09. The predicted octanol–water partition coefficient (Wildman–Crippen LogP) is 6.69. The number of allylic oxidation sites excluding steroid dienone is 2. The van der Waals surface area contributed by atoms with Crippen LogP contribution in [0, 0.1) is 5.92 Å². The van der Waals surface area contributed by atoms with Crippen molar-refractivity contribution in [2.24, 2.45) is 5.92 Å². The van der Waals surface area contributed by atoms with E-state index in [0.29, 0.717) is 271 Å². The van der Waals surface area contributed by atoms with Crippen LogP contribution in [0.1, 0.15) is 103 Å². The van der Waals surface area contributed by atoms with Crippen molar-refractivity contribution in [3.8, 4) is 0 Å². The van der Waals surface area contributed by atoms with Gasteiger partial charge in [0.05, 0.1) is 257 Å². The van der Waals surface area contributed by atoms with E-state index in [-0.39, 0.29) is 0 Å². The zero-order chi connectivity index (χ0) is 64.3. The van der Waals surface area contributed by atoms with Crippen LogP contribution in [-0.4, -0.2) is 325 Å². The number of carbonyl (C=O) groups is 1. The normalized spacial score (nSPS) is 13.7. The zero-order valence-corrected chi connectivity index (χ0v) is 56.6. The van der Waals surface area contributed by atoms with Crippen LogP contribution in [0.3, 0.4) is 0 Å². The van der Waals surface area contributed by atoms with E-state index in [1.807, 2.05) is 0 Å². The lowest BCUT2D eigenvalue weighted by molar-refractivity contribution is -0.143. The molecule has 1 fully saturated rings. The molecule has 1 atom stereocenters. The third-order valence-electron chi connectivity index (χ3n) is 13.9. The number of hydrogen-bond donors (Lipinski definition) is 1. The van der Waals surface area contributed by atoms with Crippen LogP contribution < -0.4 is 0 Å². The van der Waals surface area contributed by atoms with Gasteiger partial charge in [0.15, 0.2) is 0 Å². The Morgan fingerprint density at radius 3 is 0.756 bits per heavy atom. The summed E-state index contributed by atoms with van der Waals surface area (Å²) in [5, 5.41) is 9.57. The molecule has 0 radical (unpaired) electrons. The van der Waals surface area contributed by atoms with Gasteiger partial charge in [-0.15, -0.1) is 0 Å². The maximum absolute atomic E-state index is 11.6. The molecular weight excluding hydrogens is 1170 g/mol. The molecule has 0 bridgehead atoms. The lowest BCUT2D eigenvalue weighted by Gasteiger charge is -2.33. The molecule has 0 saturated carbocycles. The van der Waals surface area contributed by atoms with Gasteiger partial charge in [-0.05, 0) is 45.6 Å². The van der Waals surface area contributed by atoms with E-state index in [0.717, 1.165) is 39.2 Å². The van der Waals surface area contributed by atoms with Gasteiger partial charge in [-0.1, -0.05) is 76.9 Å². The van der Waals surface area contributed by atoms with Crippen LogP contribution in [0.2, 0.25) is 0 Å². The Bertz CT molecular complexity index is 1400. The van der Waals surface area contributed by atoms with Crippen molar-refractivity contribution in [1.29, 1.82) is 0 Å². The molecule has 0 aromatic rings. The molecular formula is C66H130N2O22.